The predicted octanol–water partition coefficient (Wildman–Crippen LogP) is 0.821. The lowest BCUT2D eigenvalue weighted by molar-refractivity contribution is 0.505. The van der Waals surface area contributed by atoms with Gasteiger partial charge in [-0.2, -0.15) is 5.26 Å². The van der Waals surface area contributed by atoms with Crippen LogP contribution in [0, 0.1) is 11.5 Å². The minimum atomic E-state index is -0.0716. The third-order valence-electron chi connectivity index (χ3n) is 0.984. The number of aliphatic imine (C=N–C) groups is 1. The van der Waals surface area contributed by atoms with Crippen molar-refractivity contribution in [3.63, 3.8) is 0 Å². The lowest BCUT2D eigenvalue weighted by Gasteiger charge is -2.21. The van der Waals surface area contributed by atoms with E-state index in [0.29, 0.717) is 12.5 Å². The molecule has 0 aliphatic carbocycles. The molecule has 0 unspecified atom stereocenters. The van der Waals surface area contributed by atoms with Gasteiger partial charge in [-0.25, -0.2) is 0 Å². The van der Waals surface area contributed by atoms with Gasteiger partial charge in [0.25, 0.3) is 0 Å². The number of hydrogen-bond donors (Lipinski definition) is 2. The number of nitriles is 1. The Balaban J connectivity index is 4.17. The molecule has 12 heavy (non-hydrogen) atoms. The van der Waals surface area contributed by atoms with Crippen molar-refractivity contribution in [3.8, 4) is 6.19 Å². The fourth-order valence-electron chi connectivity index (χ4n) is 0.677. The van der Waals surface area contributed by atoms with Crippen molar-refractivity contribution in [2.75, 3.05) is 6.54 Å². The van der Waals surface area contributed by atoms with Crippen LogP contribution in [-0.4, -0.2) is 18.0 Å². The van der Waals surface area contributed by atoms with E-state index < -0.39 is 0 Å². The molecule has 0 atom stereocenters. The lowest BCUT2D eigenvalue weighted by Crippen LogP contribution is -2.46. The van der Waals surface area contributed by atoms with Gasteiger partial charge in [0.1, 0.15) is 0 Å². The first-order chi connectivity index (χ1) is 5.49. The summed E-state index contributed by atoms with van der Waals surface area (Å²) in [6, 6.07) is 0. The Labute approximate surface area is 73.7 Å². The Morgan fingerprint density at radius 2 is 2.08 bits per heavy atom. The van der Waals surface area contributed by atoms with E-state index in [0.717, 1.165) is 0 Å². The summed E-state index contributed by atoms with van der Waals surface area (Å²) in [6.07, 6.45) is 1.83. The van der Waals surface area contributed by atoms with Gasteiger partial charge in [0.05, 0.1) is 0 Å². The van der Waals surface area contributed by atoms with Gasteiger partial charge in [-0.1, -0.05) is 0 Å². The highest BCUT2D eigenvalue weighted by Gasteiger charge is 2.11. The van der Waals surface area contributed by atoms with E-state index in [1.165, 1.54) is 0 Å². The summed E-state index contributed by atoms with van der Waals surface area (Å²) in [4.78, 5) is 4.07. The first-order valence-corrected chi connectivity index (χ1v) is 3.97. The molecule has 2 N–H and O–H groups in total. The quantitative estimate of drug-likeness (QED) is 0.264. The molecule has 68 valence electrons. The predicted molar refractivity (Wildman–Crippen MR) is 49.6 cm³/mol. The van der Waals surface area contributed by atoms with E-state index in [4.69, 9.17) is 5.26 Å². The molecule has 0 aromatic carbocycles. The van der Waals surface area contributed by atoms with Crippen LogP contribution >= 0.6 is 0 Å². The van der Waals surface area contributed by atoms with Crippen LogP contribution in [0.5, 0.6) is 0 Å². The molecule has 0 aliphatic heterocycles. The van der Waals surface area contributed by atoms with Crippen molar-refractivity contribution in [1.29, 1.82) is 5.26 Å². The molecule has 0 aromatic rings. The highest BCUT2D eigenvalue weighted by Crippen LogP contribution is 1.97. The molecule has 0 fully saturated rings. The maximum Gasteiger partial charge on any atom is 0.205 e. The highest BCUT2D eigenvalue weighted by molar-refractivity contribution is 5.81. The number of guanidine groups is 1. The van der Waals surface area contributed by atoms with Gasteiger partial charge >= 0.3 is 0 Å². The van der Waals surface area contributed by atoms with Gasteiger partial charge in [0.15, 0.2) is 6.19 Å². The van der Waals surface area contributed by atoms with Gasteiger partial charge in [0, 0.05) is 12.1 Å². The van der Waals surface area contributed by atoms with Crippen LogP contribution in [0.15, 0.2) is 4.99 Å². The molecule has 0 aromatic heterocycles. The maximum atomic E-state index is 8.38. The molecule has 0 saturated carbocycles. The zero-order valence-corrected chi connectivity index (χ0v) is 8.10. The van der Waals surface area contributed by atoms with Crippen molar-refractivity contribution in [3.05, 3.63) is 0 Å². The Bertz CT molecular complexity index is 194. The lowest BCUT2D eigenvalue weighted by atomic mass is 10.1. The molecular weight excluding hydrogens is 152 g/mol. The molecule has 0 amide bonds. The largest absolute Gasteiger partial charge is 0.351 e. The Hall–Kier alpha value is -1.24. The van der Waals surface area contributed by atoms with Crippen LogP contribution in [-0.2, 0) is 0 Å². The summed E-state index contributed by atoms with van der Waals surface area (Å²) >= 11 is 0. The average molecular weight is 168 g/mol. The standard InChI is InChI=1S/C8H16N4/c1-5-10-7(11-6-9)12-8(2,3)4/h5H2,1-4H3,(H2,10,11,12). The summed E-state index contributed by atoms with van der Waals surface area (Å²) in [5, 5.41) is 13.9. The summed E-state index contributed by atoms with van der Waals surface area (Å²) < 4.78 is 0. The summed E-state index contributed by atoms with van der Waals surface area (Å²) in [5.41, 5.74) is -0.0716. The Morgan fingerprint density at radius 3 is 2.42 bits per heavy atom. The molecule has 0 aliphatic rings. The molecule has 0 bridgehead atoms. The zero-order chi connectivity index (χ0) is 9.61. The number of nitrogens with zero attached hydrogens (tertiary/aromatic N) is 2. The van der Waals surface area contributed by atoms with Crippen molar-refractivity contribution in [2.45, 2.75) is 33.2 Å². The van der Waals surface area contributed by atoms with Gasteiger partial charge in [-0.05, 0) is 27.7 Å². The van der Waals surface area contributed by atoms with Gasteiger partial charge in [-0.3, -0.25) is 10.3 Å². The third kappa shape index (κ3) is 5.54. The van der Waals surface area contributed by atoms with E-state index >= 15 is 0 Å². The van der Waals surface area contributed by atoms with Crippen LogP contribution in [0.3, 0.4) is 0 Å². The normalized spacial score (nSPS) is 12.1. The monoisotopic (exact) mass is 168 g/mol. The molecule has 0 saturated heterocycles. The van der Waals surface area contributed by atoms with E-state index in [9.17, 15) is 0 Å². The molecule has 0 spiro atoms. The van der Waals surface area contributed by atoms with Crippen molar-refractivity contribution >= 4 is 5.96 Å². The second kappa shape index (κ2) is 4.60. The Morgan fingerprint density at radius 1 is 1.50 bits per heavy atom. The number of nitrogens with one attached hydrogen (secondary N) is 2. The molecule has 4 nitrogen and oxygen atoms in total. The SMILES string of the molecule is CCN=C(NC#N)NC(C)(C)C. The fraction of sp³-hybridized carbons (Fsp3) is 0.750. The molecule has 0 radical (unpaired) electrons. The maximum absolute atomic E-state index is 8.38. The van der Waals surface area contributed by atoms with E-state index in [2.05, 4.69) is 15.6 Å². The van der Waals surface area contributed by atoms with Crippen molar-refractivity contribution in [1.82, 2.24) is 10.6 Å². The summed E-state index contributed by atoms with van der Waals surface area (Å²) in [6.45, 7) is 8.61. The van der Waals surface area contributed by atoms with Crippen LogP contribution in [0.2, 0.25) is 0 Å². The number of hydrogen-bond acceptors (Lipinski definition) is 2. The van der Waals surface area contributed by atoms with Crippen molar-refractivity contribution < 1.29 is 0 Å². The first kappa shape index (κ1) is 10.8. The van der Waals surface area contributed by atoms with E-state index in [1.807, 2.05) is 33.9 Å². The minimum absolute atomic E-state index is 0.0716. The summed E-state index contributed by atoms with van der Waals surface area (Å²) in [5.74, 6) is 0.535. The van der Waals surface area contributed by atoms with Crippen LogP contribution in [0.25, 0.3) is 0 Å². The zero-order valence-electron chi connectivity index (χ0n) is 8.10. The smallest absolute Gasteiger partial charge is 0.205 e. The second-order valence-electron chi connectivity index (χ2n) is 3.43. The van der Waals surface area contributed by atoms with E-state index in [-0.39, 0.29) is 5.54 Å². The van der Waals surface area contributed by atoms with Gasteiger partial charge in [0.2, 0.25) is 5.96 Å². The van der Waals surface area contributed by atoms with Crippen LogP contribution < -0.4 is 10.6 Å². The van der Waals surface area contributed by atoms with Crippen molar-refractivity contribution in [2.24, 2.45) is 4.99 Å². The molecular formula is C8H16N4. The highest BCUT2D eigenvalue weighted by atomic mass is 15.2. The van der Waals surface area contributed by atoms with Gasteiger partial charge < -0.3 is 5.32 Å². The van der Waals surface area contributed by atoms with Gasteiger partial charge in [-0.15, -0.1) is 0 Å². The summed E-state index contributed by atoms with van der Waals surface area (Å²) in [7, 11) is 0. The third-order valence-corrected chi connectivity index (χ3v) is 0.984. The second-order valence-corrected chi connectivity index (χ2v) is 3.43. The molecule has 4 heteroatoms. The van der Waals surface area contributed by atoms with Crippen LogP contribution in [0.1, 0.15) is 27.7 Å². The van der Waals surface area contributed by atoms with E-state index in [1.54, 1.807) is 0 Å². The van der Waals surface area contributed by atoms with Crippen LogP contribution in [0.4, 0.5) is 0 Å². The minimum Gasteiger partial charge on any atom is -0.351 e. The topological polar surface area (TPSA) is 60.2 Å². The Kier molecular flexibility index (Phi) is 4.12. The average Bonchev–Trinajstić information content (AvgIpc) is 1.84. The number of rotatable bonds is 1. The fourth-order valence-corrected chi connectivity index (χ4v) is 0.677. The molecule has 0 heterocycles. The first-order valence-electron chi connectivity index (χ1n) is 3.97. The molecule has 0 rings (SSSR count).